The normalized spacial score (nSPS) is 17.7. The van der Waals surface area contributed by atoms with Crippen molar-refractivity contribution in [2.24, 2.45) is 4.99 Å². The van der Waals surface area contributed by atoms with Crippen molar-refractivity contribution >= 4 is 57.5 Å². The van der Waals surface area contributed by atoms with E-state index in [0.717, 1.165) is 10.6 Å². The van der Waals surface area contributed by atoms with Crippen LogP contribution in [0.2, 0.25) is 5.02 Å². The second-order valence-electron chi connectivity index (χ2n) is 10.3. The van der Waals surface area contributed by atoms with Crippen LogP contribution < -0.4 is 16.0 Å². The van der Waals surface area contributed by atoms with Crippen LogP contribution in [-0.2, 0) is 22.7 Å². The van der Waals surface area contributed by atoms with Crippen molar-refractivity contribution in [3.8, 4) is 0 Å². The summed E-state index contributed by atoms with van der Waals surface area (Å²) in [5.41, 5.74) is 2.24. The number of aromatic nitrogens is 1. The number of ketones is 1. The summed E-state index contributed by atoms with van der Waals surface area (Å²) in [6, 6.07) is 7.81. The van der Waals surface area contributed by atoms with E-state index >= 15 is 0 Å². The molecule has 2 atom stereocenters. The Kier molecular flexibility index (Phi) is 8.86. The minimum absolute atomic E-state index is 0.0873. The molecule has 0 saturated carbocycles. The number of Topliss-reactive ketones (excluding diaryl/α,β-unsaturated/α-hetero) is 1. The van der Waals surface area contributed by atoms with E-state index in [1.54, 1.807) is 28.8 Å². The number of fused-ring (bicyclic) bond motifs is 1. The number of halogens is 3. The Morgan fingerprint density at radius 2 is 1.93 bits per heavy atom. The summed E-state index contributed by atoms with van der Waals surface area (Å²) in [7, 11) is 0. The van der Waals surface area contributed by atoms with Gasteiger partial charge in [-0.25, -0.2) is 13.6 Å². The van der Waals surface area contributed by atoms with Crippen LogP contribution >= 0.6 is 11.6 Å². The first-order valence-corrected chi connectivity index (χ1v) is 14.0. The van der Waals surface area contributed by atoms with Gasteiger partial charge in [-0.15, -0.1) is 0 Å². The van der Waals surface area contributed by atoms with Crippen molar-refractivity contribution in [1.29, 1.82) is 0 Å². The van der Waals surface area contributed by atoms with Gasteiger partial charge in [0, 0.05) is 46.9 Å². The van der Waals surface area contributed by atoms with Crippen molar-refractivity contribution in [3.63, 3.8) is 0 Å². The van der Waals surface area contributed by atoms with Crippen LogP contribution in [0.3, 0.4) is 0 Å². The van der Waals surface area contributed by atoms with Crippen molar-refractivity contribution in [2.45, 2.75) is 38.6 Å². The maximum atomic E-state index is 14.5. The first kappa shape index (κ1) is 29.9. The second kappa shape index (κ2) is 12.7. The van der Waals surface area contributed by atoms with E-state index in [1.807, 2.05) is 12.2 Å². The Bertz CT molecular complexity index is 1670. The van der Waals surface area contributed by atoms with Gasteiger partial charge in [0.15, 0.2) is 5.78 Å². The molecule has 5 rings (SSSR count). The van der Waals surface area contributed by atoms with Gasteiger partial charge < -0.3 is 25.4 Å². The third kappa shape index (κ3) is 6.75. The minimum Gasteiger partial charge on any atom is -0.350 e. The monoisotopic (exact) mass is 610 g/mol. The van der Waals surface area contributed by atoms with Gasteiger partial charge in [-0.05, 0) is 37.3 Å². The summed E-state index contributed by atoms with van der Waals surface area (Å²) in [6.07, 6.45) is 3.65. The topological polar surface area (TPSA) is 125 Å². The van der Waals surface area contributed by atoms with Crippen molar-refractivity contribution < 1.29 is 28.0 Å². The molecule has 1 saturated heterocycles. The Labute approximate surface area is 250 Å². The fourth-order valence-corrected chi connectivity index (χ4v) is 5.38. The molecule has 3 N–H and O–H groups in total. The Morgan fingerprint density at radius 3 is 2.67 bits per heavy atom. The van der Waals surface area contributed by atoms with Crippen LogP contribution in [0, 0.1) is 5.82 Å². The number of carbonyl (C=O) groups excluding carboxylic acids is 4. The zero-order valence-corrected chi connectivity index (χ0v) is 24.0. The number of amides is 4. The summed E-state index contributed by atoms with van der Waals surface area (Å²) in [6.45, 7) is 1.55. The van der Waals surface area contributed by atoms with Gasteiger partial charge in [0.05, 0.1) is 30.4 Å². The molecule has 224 valence electrons. The predicted octanol–water partition coefficient (Wildman–Crippen LogP) is 4.02. The van der Waals surface area contributed by atoms with Crippen LogP contribution in [0.25, 0.3) is 10.9 Å². The summed E-state index contributed by atoms with van der Waals surface area (Å²) < 4.78 is 30.3. The van der Waals surface area contributed by atoms with Gasteiger partial charge in [0.1, 0.15) is 24.6 Å². The average Bonchev–Trinajstić information content (AvgIpc) is 3.72. The lowest BCUT2D eigenvalue weighted by Crippen LogP contribution is -2.46. The SMILES string of the molecule is CC(=O)c1cn(CC(=O)N2C[C@H](F)C[C@H]2C(=O)NCc2cccc(Cl)c2F)c2ccc(NC(=O)NCC3=NCC=C3)cc12. The number of aliphatic imine (C=N–C) groups is 1. The molecule has 0 radical (unpaired) electrons. The molecular formula is C30H29ClF2N6O4. The zero-order valence-electron chi connectivity index (χ0n) is 23.2. The molecule has 3 heterocycles. The molecule has 3 aromatic rings. The maximum absolute atomic E-state index is 14.5. The van der Waals surface area contributed by atoms with Crippen LogP contribution in [0.5, 0.6) is 0 Å². The van der Waals surface area contributed by atoms with Crippen molar-refractivity contribution in [2.75, 3.05) is 25.0 Å². The fraction of sp³-hybridized carbons (Fsp3) is 0.300. The maximum Gasteiger partial charge on any atom is 0.319 e. The molecular weight excluding hydrogens is 582 g/mol. The van der Waals surface area contributed by atoms with Gasteiger partial charge in [-0.3, -0.25) is 19.4 Å². The molecule has 1 fully saturated rings. The number of carbonyl (C=O) groups is 4. The average molecular weight is 611 g/mol. The second-order valence-corrected chi connectivity index (χ2v) is 10.7. The molecule has 10 nitrogen and oxygen atoms in total. The van der Waals surface area contributed by atoms with Crippen molar-refractivity contribution in [1.82, 2.24) is 20.1 Å². The van der Waals surface area contributed by atoms with E-state index in [-0.39, 0.29) is 49.0 Å². The van der Waals surface area contributed by atoms with E-state index in [4.69, 9.17) is 11.6 Å². The number of alkyl halides is 1. The van der Waals surface area contributed by atoms with Gasteiger partial charge >= 0.3 is 6.03 Å². The molecule has 0 aliphatic carbocycles. The highest BCUT2D eigenvalue weighted by Crippen LogP contribution is 2.27. The van der Waals surface area contributed by atoms with Crippen LogP contribution in [0.15, 0.2) is 59.7 Å². The number of urea groups is 1. The standard InChI is InChI=1S/C30H29ClF2N6O4/c1-17(40)23-15-38(25-8-7-20(11-22(23)25)37-30(43)36-13-21-5-3-9-34-21)16-27(41)39-14-19(32)10-26(39)29(42)35-12-18-4-2-6-24(31)28(18)33/h2-8,11,15,19,26H,9-10,12-14,16H2,1H3,(H,35,42)(H2,36,37,43)/t19-,26+/m1/s1. The zero-order chi connectivity index (χ0) is 30.7. The lowest BCUT2D eigenvalue weighted by Gasteiger charge is -2.24. The van der Waals surface area contributed by atoms with E-state index < -0.39 is 35.9 Å². The minimum atomic E-state index is -1.41. The number of hydrogen-bond acceptors (Lipinski definition) is 5. The third-order valence-electron chi connectivity index (χ3n) is 7.32. The molecule has 43 heavy (non-hydrogen) atoms. The molecule has 13 heteroatoms. The largest absolute Gasteiger partial charge is 0.350 e. The number of anilines is 1. The van der Waals surface area contributed by atoms with Crippen LogP contribution in [0.1, 0.15) is 29.3 Å². The predicted molar refractivity (Wildman–Crippen MR) is 159 cm³/mol. The number of hydrogen-bond donors (Lipinski definition) is 3. The number of benzene rings is 2. The van der Waals surface area contributed by atoms with Gasteiger partial charge in [-0.1, -0.05) is 29.8 Å². The molecule has 1 aromatic heterocycles. The number of nitrogens with zero attached hydrogens (tertiary/aromatic N) is 3. The fourth-order valence-electron chi connectivity index (χ4n) is 5.19. The first-order valence-electron chi connectivity index (χ1n) is 13.6. The van der Waals surface area contributed by atoms with E-state index in [9.17, 15) is 28.0 Å². The van der Waals surface area contributed by atoms with Crippen LogP contribution in [0.4, 0.5) is 19.3 Å². The summed E-state index contributed by atoms with van der Waals surface area (Å²) >= 11 is 5.80. The van der Waals surface area contributed by atoms with Gasteiger partial charge in [0.25, 0.3) is 0 Å². The molecule has 2 aliphatic rings. The highest BCUT2D eigenvalue weighted by Gasteiger charge is 2.39. The molecule has 0 unspecified atom stereocenters. The third-order valence-corrected chi connectivity index (χ3v) is 7.61. The Balaban J connectivity index is 1.28. The summed E-state index contributed by atoms with van der Waals surface area (Å²) in [4.78, 5) is 56.5. The quantitative estimate of drug-likeness (QED) is 0.317. The lowest BCUT2D eigenvalue weighted by molar-refractivity contribution is -0.139. The van der Waals surface area contributed by atoms with Gasteiger partial charge in [-0.2, -0.15) is 0 Å². The summed E-state index contributed by atoms with van der Waals surface area (Å²) in [5, 5.41) is 8.45. The van der Waals surface area contributed by atoms with E-state index in [1.165, 1.54) is 25.3 Å². The van der Waals surface area contributed by atoms with E-state index in [2.05, 4.69) is 20.9 Å². The highest BCUT2D eigenvalue weighted by molar-refractivity contribution is 6.30. The van der Waals surface area contributed by atoms with Crippen molar-refractivity contribution in [3.05, 3.63) is 76.7 Å². The molecule has 0 bridgehead atoms. The first-order chi connectivity index (χ1) is 20.6. The Morgan fingerprint density at radius 1 is 1.12 bits per heavy atom. The molecule has 0 spiro atoms. The number of likely N-dealkylation sites (tertiary alicyclic amines) is 1. The molecule has 2 aromatic carbocycles. The van der Waals surface area contributed by atoms with Gasteiger partial charge in [0.2, 0.25) is 11.8 Å². The highest BCUT2D eigenvalue weighted by atomic mass is 35.5. The lowest BCUT2D eigenvalue weighted by atomic mass is 10.1. The van der Waals surface area contributed by atoms with Crippen LogP contribution in [-0.4, -0.2) is 70.7 Å². The molecule has 4 amide bonds. The summed E-state index contributed by atoms with van der Waals surface area (Å²) in [5.74, 6) is -2.05. The van der Waals surface area contributed by atoms with E-state index in [0.29, 0.717) is 28.7 Å². The smallest absolute Gasteiger partial charge is 0.319 e. The number of rotatable bonds is 9. The number of nitrogens with one attached hydrogen (secondary N) is 3. The molecule has 2 aliphatic heterocycles. The Hall–Kier alpha value is -4.58.